The van der Waals surface area contributed by atoms with Gasteiger partial charge in [-0.25, -0.2) is 0 Å². The molecule has 2 N–H and O–H groups in total. The number of amides is 1. The summed E-state index contributed by atoms with van der Waals surface area (Å²) in [7, 11) is 1.62. The van der Waals surface area contributed by atoms with Crippen molar-refractivity contribution < 1.29 is 14.3 Å². The van der Waals surface area contributed by atoms with Gasteiger partial charge in [-0.15, -0.1) is 0 Å². The van der Waals surface area contributed by atoms with E-state index in [2.05, 4.69) is 0 Å². The van der Waals surface area contributed by atoms with Crippen LogP contribution in [0.3, 0.4) is 0 Å². The van der Waals surface area contributed by atoms with E-state index in [0.29, 0.717) is 26.1 Å². The lowest BCUT2D eigenvalue weighted by Crippen LogP contribution is -2.48. The van der Waals surface area contributed by atoms with E-state index in [1.165, 1.54) is 0 Å². The maximum Gasteiger partial charge on any atom is 0.256 e. The van der Waals surface area contributed by atoms with E-state index in [1.54, 1.807) is 12.0 Å². The van der Waals surface area contributed by atoms with Gasteiger partial charge in [-0.2, -0.15) is 0 Å². The average molecular weight is 264 g/mol. The number of morpholine rings is 1. The number of carbonyl (C=O) groups excluding carboxylic acids is 1. The summed E-state index contributed by atoms with van der Waals surface area (Å²) in [5.74, 6) is 0.800. The van der Waals surface area contributed by atoms with Gasteiger partial charge in [-0.1, -0.05) is 0 Å². The maximum atomic E-state index is 12.3. The van der Waals surface area contributed by atoms with Crippen molar-refractivity contribution in [3.8, 4) is 5.75 Å². The molecule has 5 nitrogen and oxygen atoms in total. The highest BCUT2D eigenvalue weighted by molar-refractivity contribution is 5.97. The van der Waals surface area contributed by atoms with Gasteiger partial charge in [-0.05, 0) is 43.7 Å². The zero-order chi connectivity index (χ0) is 13.7. The zero-order valence-corrected chi connectivity index (χ0v) is 11.2. The van der Waals surface area contributed by atoms with Gasteiger partial charge in [0.25, 0.3) is 5.91 Å². The summed E-state index contributed by atoms with van der Waals surface area (Å²) < 4.78 is 10.6. The molecule has 1 fully saturated rings. The van der Waals surface area contributed by atoms with Crippen molar-refractivity contribution in [3.63, 3.8) is 0 Å². The van der Waals surface area contributed by atoms with Crippen LogP contribution in [0, 0.1) is 0 Å². The second-order valence-corrected chi connectivity index (χ2v) is 4.48. The Labute approximate surface area is 113 Å². The van der Waals surface area contributed by atoms with E-state index in [1.807, 2.05) is 24.3 Å². The molecule has 1 aromatic carbocycles. The molecule has 19 heavy (non-hydrogen) atoms. The average Bonchev–Trinajstić information content (AvgIpc) is 2.46. The third-order valence-electron chi connectivity index (χ3n) is 3.23. The predicted octanol–water partition coefficient (Wildman–Crippen LogP) is 1.17. The van der Waals surface area contributed by atoms with Crippen molar-refractivity contribution >= 4 is 11.6 Å². The van der Waals surface area contributed by atoms with Crippen molar-refractivity contribution in [2.24, 2.45) is 5.73 Å². The van der Waals surface area contributed by atoms with Gasteiger partial charge in [0.2, 0.25) is 0 Å². The summed E-state index contributed by atoms with van der Waals surface area (Å²) >= 11 is 0. The van der Waals surface area contributed by atoms with Crippen molar-refractivity contribution in [2.75, 3.05) is 31.7 Å². The first-order valence-corrected chi connectivity index (χ1v) is 6.53. The summed E-state index contributed by atoms with van der Waals surface area (Å²) in [6, 6.07) is 7.49. The van der Waals surface area contributed by atoms with Gasteiger partial charge in [-0.3, -0.25) is 4.79 Å². The number of hydrogen-bond donors (Lipinski definition) is 1. The first kappa shape index (κ1) is 13.8. The molecule has 0 aromatic heterocycles. The van der Waals surface area contributed by atoms with Crippen LogP contribution in [0.15, 0.2) is 24.3 Å². The number of carbonyl (C=O) groups is 1. The molecular weight excluding hydrogens is 244 g/mol. The molecule has 2 rings (SSSR count). The summed E-state index contributed by atoms with van der Waals surface area (Å²) in [5.41, 5.74) is 6.36. The number of nitrogens with two attached hydrogens (primary N) is 1. The number of nitrogens with zero attached hydrogens (tertiary/aromatic N) is 1. The first-order chi connectivity index (χ1) is 9.26. The van der Waals surface area contributed by atoms with Gasteiger partial charge in [0.05, 0.1) is 13.7 Å². The molecule has 0 spiro atoms. The largest absolute Gasteiger partial charge is 0.497 e. The van der Waals surface area contributed by atoms with Crippen molar-refractivity contribution in [1.82, 2.24) is 0 Å². The van der Waals surface area contributed by atoms with Crippen LogP contribution in [0.5, 0.6) is 5.75 Å². The summed E-state index contributed by atoms with van der Waals surface area (Å²) in [6.07, 6.45) is 1.12. The van der Waals surface area contributed by atoms with Gasteiger partial charge >= 0.3 is 0 Å². The van der Waals surface area contributed by atoms with E-state index < -0.39 is 0 Å². The Morgan fingerprint density at radius 1 is 1.42 bits per heavy atom. The third-order valence-corrected chi connectivity index (χ3v) is 3.23. The van der Waals surface area contributed by atoms with Crippen LogP contribution in [0.25, 0.3) is 0 Å². The summed E-state index contributed by atoms with van der Waals surface area (Å²) in [6.45, 7) is 1.73. The second-order valence-electron chi connectivity index (χ2n) is 4.48. The van der Waals surface area contributed by atoms with Crippen LogP contribution < -0.4 is 15.4 Å². The van der Waals surface area contributed by atoms with Crippen LogP contribution in [-0.4, -0.2) is 38.8 Å². The third kappa shape index (κ3) is 3.24. The van der Waals surface area contributed by atoms with Crippen LogP contribution >= 0.6 is 0 Å². The quantitative estimate of drug-likeness (QED) is 0.867. The number of hydrogen-bond acceptors (Lipinski definition) is 4. The Morgan fingerprint density at radius 2 is 2.16 bits per heavy atom. The smallest absolute Gasteiger partial charge is 0.256 e. The molecule has 104 valence electrons. The van der Waals surface area contributed by atoms with Gasteiger partial charge in [0.15, 0.2) is 0 Å². The standard InChI is InChI=1S/C14H20N2O3/c1-18-12-6-4-11(5-7-12)16-9-10-19-13(14(16)17)3-2-8-15/h4-7,13H,2-3,8-10,15H2,1H3. The molecule has 0 aliphatic carbocycles. The molecular formula is C14H20N2O3. The Balaban J connectivity index is 2.07. The van der Waals surface area contributed by atoms with E-state index >= 15 is 0 Å². The second kappa shape index (κ2) is 6.54. The van der Waals surface area contributed by atoms with Gasteiger partial charge < -0.3 is 20.1 Å². The minimum absolute atomic E-state index is 0.0184. The molecule has 1 aromatic rings. The number of benzene rings is 1. The minimum Gasteiger partial charge on any atom is -0.497 e. The molecule has 1 amide bonds. The zero-order valence-electron chi connectivity index (χ0n) is 11.2. The number of anilines is 1. The Kier molecular flexibility index (Phi) is 4.76. The fourth-order valence-electron chi connectivity index (χ4n) is 2.17. The van der Waals surface area contributed by atoms with E-state index in [-0.39, 0.29) is 12.0 Å². The van der Waals surface area contributed by atoms with Crippen LogP contribution in [0.1, 0.15) is 12.8 Å². The summed E-state index contributed by atoms with van der Waals surface area (Å²) in [5, 5.41) is 0. The highest BCUT2D eigenvalue weighted by Gasteiger charge is 2.29. The lowest BCUT2D eigenvalue weighted by Gasteiger charge is -2.32. The number of rotatable bonds is 5. The molecule has 0 radical (unpaired) electrons. The molecule has 1 atom stereocenters. The molecule has 1 heterocycles. The van der Waals surface area contributed by atoms with Crippen molar-refractivity contribution in [1.29, 1.82) is 0 Å². The SMILES string of the molecule is COc1ccc(N2CCOC(CCCN)C2=O)cc1. The minimum atomic E-state index is -0.362. The fourth-order valence-corrected chi connectivity index (χ4v) is 2.17. The summed E-state index contributed by atoms with van der Waals surface area (Å²) in [4.78, 5) is 14.1. The molecule has 5 heteroatoms. The molecule has 1 aliphatic heterocycles. The van der Waals surface area contributed by atoms with E-state index in [0.717, 1.165) is 17.9 Å². The molecule has 1 saturated heterocycles. The highest BCUT2D eigenvalue weighted by Crippen LogP contribution is 2.23. The fraction of sp³-hybridized carbons (Fsp3) is 0.500. The molecule has 1 unspecified atom stereocenters. The monoisotopic (exact) mass is 264 g/mol. The lowest BCUT2D eigenvalue weighted by molar-refractivity contribution is -0.134. The number of ether oxygens (including phenoxy) is 2. The Hall–Kier alpha value is -1.59. The highest BCUT2D eigenvalue weighted by atomic mass is 16.5. The van der Waals surface area contributed by atoms with Gasteiger partial charge in [0.1, 0.15) is 11.9 Å². The predicted molar refractivity (Wildman–Crippen MR) is 73.4 cm³/mol. The van der Waals surface area contributed by atoms with Crippen molar-refractivity contribution in [2.45, 2.75) is 18.9 Å². The van der Waals surface area contributed by atoms with E-state index in [9.17, 15) is 4.79 Å². The Morgan fingerprint density at radius 3 is 2.79 bits per heavy atom. The van der Waals surface area contributed by atoms with E-state index in [4.69, 9.17) is 15.2 Å². The maximum absolute atomic E-state index is 12.3. The topological polar surface area (TPSA) is 64.8 Å². The first-order valence-electron chi connectivity index (χ1n) is 6.53. The van der Waals surface area contributed by atoms with Gasteiger partial charge in [0, 0.05) is 12.2 Å². The lowest BCUT2D eigenvalue weighted by atomic mass is 10.1. The van der Waals surface area contributed by atoms with Crippen LogP contribution in [0.4, 0.5) is 5.69 Å². The number of methoxy groups -OCH3 is 1. The Bertz CT molecular complexity index is 419. The van der Waals surface area contributed by atoms with Crippen LogP contribution in [-0.2, 0) is 9.53 Å². The van der Waals surface area contributed by atoms with Crippen molar-refractivity contribution in [3.05, 3.63) is 24.3 Å². The molecule has 0 saturated carbocycles. The molecule has 1 aliphatic rings. The van der Waals surface area contributed by atoms with Crippen LogP contribution in [0.2, 0.25) is 0 Å². The molecule has 0 bridgehead atoms. The normalized spacial score (nSPS) is 19.6.